The van der Waals surface area contributed by atoms with Gasteiger partial charge in [0, 0.05) is 72.6 Å². The van der Waals surface area contributed by atoms with Crippen molar-refractivity contribution in [3.63, 3.8) is 0 Å². The molecule has 2 saturated heterocycles. The van der Waals surface area contributed by atoms with E-state index in [-0.39, 0.29) is 37.7 Å². The number of piperidine rings is 1. The minimum Gasteiger partial charge on any atom is -0.391 e. The number of amides is 10. The molecule has 4 N–H and O–H groups in total. The first-order valence-corrected chi connectivity index (χ1v) is 30.6. The van der Waals surface area contributed by atoms with Gasteiger partial charge in [-0.25, -0.2) is 0 Å². The average molecular weight is 1190 g/mol. The number of likely N-dealkylation sites (tertiary alicyclic amines) is 1. The molecule has 24 heteroatoms. The fraction of sp³-hybridized carbons (Fsp3) is 0.729. The monoisotopic (exact) mass is 1190 g/mol. The normalized spacial score (nSPS) is 26.8. The van der Waals surface area contributed by atoms with Gasteiger partial charge in [0.15, 0.2) is 0 Å². The summed E-state index contributed by atoms with van der Waals surface area (Å²) in [5, 5.41) is 19.3. The fourth-order valence-corrected chi connectivity index (χ4v) is 11.3. The van der Waals surface area contributed by atoms with E-state index in [9.17, 15) is 57.3 Å². The molecule has 1 aromatic carbocycles. The number of rotatable bonds is 12. The van der Waals surface area contributed by atoms with E-state index in [2.05, 4.69) is 16.0 Å². The molecule has 0 aliphatic carbocycles. The highest BCUT2D eigenvalue weighted by Gasteiger charge is 2.43. The molecule has 3 rings (SSSR count). The van der Waals surface area contributed by atoms with Crippen molar-refractivity contribution in [2.45, 2.75) is 181 Å². The second-order valence-corrected chi connectivity index (χ2v) is 26.0. The van der Waals surface area contributed by atoms with Gasteiger partial charge in [-0.15, -0.1) is 0 Å². The molecule has 2 heterocycles. The smallest absolute Gasteiger partial charge is 0.248 e. The predicted octanol–water partition coefficient (Wildman–Crippen LogP) is 1.41. The van der Waals surface area contributed by atoms with Crippen LogP contribution in [0.25, 0.3) is 0 Å². The highest BCUT2D eigenvalue weighted by molar-refractivity contribution is 7.85. The van der Waals surface area contributed by atoms with Gasteiger partial charge < -0.3 is 60.1 Å². The van der Waals surface area contributed by atoms with E-state index in [0.717, 1.165) is 21.1 Å². The molecule has 0 saturated carbocycles. The second kappa shape index (κ2) is 32.3. The van der Waals surface area contributed by atoms with Gasteiger partial charge in [0.05, 0.1) is 30.6 Å². The van der Waals surface area contributed by atoms with Crippen LogP contribution < -0.4 is 16.0 Å². The van der Waals surface area contributed by atoms with Crippen LogP contribution in [0.5, 0.6) is 0 Å². The van der Waals surface area contributed by atoms with Gasteiger partial charge in [0.1, 0.15) is 54.1 Å². The second-order valence-electron chi connectivity index (χ2n) is 24.5. The Balaban J connectivity index is 2.28. The number of nitrogens with zero attached hydrogens (tertiary/aromatic N) is 7. The van der Waals surface area contributed by atoms with Crippen molar-refractivity contribution < 1.29 is 62.0 Å². The van der Waals surface area contributed by atoms with Gasteiger partial charge in [-0.2, -0.15) is 0 Å². The summed E-state index contributed by atoms with van der Waals surface area (Å²) >= 11 is 0. The Labute approximate surface area is 495 Å². The molecule has 83 heavy (non-hydrogen) atoms. The van der Waals surface area contributed by atoms with Crippen LogP contribution in [0.3, 0.4) is 0 Å². The molecule has 0 radical (unpaired) electrons. The number of likely N-dealkylation sites (N-methyl/N-ethyl adjacent to an activating group) is 6. The predicted molar refractivity (Wildman–Crippen MR) is 316 cm³/mol. The van der Waals surface area contributed by atoms with E-state index in [1.54, 1.807) is 62.9 Å². The molecule has 1 aromatic rings. The van der Waals surface area contributed by atoms with Crippen molar-refractivity contribution in [3.8, 4) is 0 Å². The highest BCUT2D eigenvalue weighted by Crippen LogP contribution is 2.22. The lowest BCUT2D eigenvalue weighted by atomic mass is 9.95. The number of carbonyl (C=O) groups is 10. The minimum atomic E-state index is -2.13. The number of nitrogens with one attached hydrogen (secondary N) is 3. The summed E-state index contributed by atoms with van der Waals surface area (Å²) < 4.78 is 20.3. The van der Waals surface area contributed by atoms with Crippen molar-refractivity contribution >= 4 is 69.9 Å². The Hall–Kier alpha value is -6.01. The Morgan fingerprint density at radius 3 is 1.75 bits per heavy atom. The van der Waals surface area contributed by atoms with Gasteiger partial charge in [-0.1, -0.05) is 78.3 Å². The summed E-state index contributed by atoms with van der Waals surface area (Å²) in [7, 11) is 6.09. The summed E-state index contributed by atoms with van der Waals surface area (Å²) in [6, 6.07) is -1.86. The number of aliphatic hydroxyl groups is 1. The third-order valence-electron chi connectivity index (χ3n) is 15.6. The summed E-state index contributed by atoms with van der Waals surface area (Å²) in [6.07, 6.45) is 1.28. The van der Waals surface area contributed by atoms with Crippen molar-refractivity contribution in [2.75, 3.05) is 80.0 Å². The zero-order valence-corrected chi connectivity index (χ0v) is 53.2. The lowest BCUT2D eigenvalue weighted by Crippen LogP contribution is -2.62. The largest absolute Gasteiger partial charge is 0.391 e. The first-order chi connectivity index (χ1) is 38.6. The number of benzene rings is 1. The van der Waals surface area contributed by atoms with Crippen LogP contribution >= 0.6 is 0 Å². The van der Waals surface area contributed by atoms with E-state index in [1.165, 1.54) is 70.8 Å². The molecule has 2 fully saturated rings. The summed E-state index contributed by atoms with van der Waals surface area (Å²) in [5.41, 5.74) is -0.154. The van der Waals surface area contributed by atoms with Gasteiger partial charge in [0.25, 0.3) is 0 Å². The number of hydrogen-bond donors (Lipinski definition) is 4. The zero-order chi connectivity index (χ0) is 63.0. The van der Waals surface area contributed by atoms with Crippen LogP contribution in [0.2, 0.25) is 0 Å². The topological polar surface area (TPSA) is 276 Å². The van der Waals surface area contributed by atoms with Gasteiger partial charge in [-0.3, -0.25) is 52.2 Å². The third kappa shape index (κ3) is 20.6. The molecule has 0 bridgehead atoms. The molecule has 1 unspecified atom stereocenters. The molecule has 0 aromatic heterocycles. The molecular formula is C59H98N10O13S. The molecule has 23 nitrogen and oxygen atoms in total. The van der Waals surface area contributed by atoms with E-state index < -0.39 is 154 Å². The zero-order valence-electron chi connectivity index (χ0n) is 52.4. The maximum atomic E-state index is 15.0. The maximum absolute atomic E-state index is 15.0. The summed E-state index contributed by atoms with van der Waals surface area (Å²) in [6.45, 7) is 18.7. The number of carbonyl (C=O) groups excluding carboxylic acids is 10. The SMILES string of the molecule is CC[C@H](C)[C@H]1C(=O)N[C@H](C(=O)N2CCCCC2)CS(=O)CC(=O)N(C)[C@@H](C)C(=O)N(C)[C@@H](Cc2ccccc2)C(=O)N(C)[C@@H](CC(C)C)C(=O)N[C@@H]([C@@H](C)O)C(=O)N(C)CC(=O)N(C)[C@@H](CC(C)C)C(=O)N[C@@H](COC(C)(C)C)C(=O)N1C. The molecule has 2 aliphatic heterocycles. The van der Waals surface area contributed by atoms with Crippen LogP contribution in [-0.4, -0.2) is 243 Å². The van der Waals surface area contributed by atoms with E-state index in [4.69, 9.17) is 4.74 Å². The van der Waals surface area contributed by atoms with E-state index >= 15 is 0 Å². The fourth-order valence-electron chi connectivity index (χ4n) is 10.1. The average Bonchev–Trinajstić information content (AvgIpc) is 3.58. The van der Waals surface area contributed by atoms with Crippen LogP contribution in [0, 0.1) is 17.8 Å². The number of ether oxygens (including phenoxy) is 1. The Bertz CT molecular complexity index is 2430. The molecule has 11 atom stereocenters. The first-order valence-electron chi connectivity index (χ1n) is 29.1. The first kappa shape index (κ1) is 71.3. The Morgan fingerprint density at radius 2 is 1.22 bits per heavy atom. The molecular weight excluding hydrogens is 1090 g/mol. The quantitative estimate of drug-likeness (QED) is 0.231. The van der Waals surface area contributed by atoms with Crippen molar-refractivity contribution in [2.24, 2.45) is 17.8 Å². The van der Waals surface area contributed by atoms with Crippen LogP contribution in [0.4, 0.5) is 0 Å². The van der Waals surface area contributed by atoms with E-state index in [1.807, 2.05) is 34.6 Å². The van der Waals surface area contributed by atoms with Gasteiger partial charge in [0.2, 0.25) is 59.1 Å². The third-order valence-corrected chi connectivity index (χ3v) is 16.9. The van der Waals surface area contributed by atoms with Gasteiger partial charge in [-0.05, 0) is 90.0 Å². The van der Waals surface area contributed by atoms with Crippen LogP contribution in [0.15, 0.2) is 30.3 Å². The molecule has 0 spiro atoms. The van der Waals surface area contributed by atoms with Crippen molar-refractivity contribution in [1.82, 2.24) is 50.2 Å². The standard InChI is InChI=1S/C59H98N10O13S/c1-18-38(6)50-53(75)61-43(56(78)69-27-23-20-24-28-69)34-83(81)35-48(72)64(13)39(7)54(76)67(16)46(31-41-25-21-19-22-26-41)57(79)66(15)45(30-37(4)5)52(74)62-49(40(8)70)58(80)63(12)32-47(71)65(14)44(29-36(2)3)51(73)60-42(55(77)68(50)17)33-82-59(9,10)11/h19,21-22,25-26,36-40,42-46,49-50,70H,18,20,23-24,27-35H2,1-17H3,(H,60,73)(H,61,75)(H,62,74)/t38-,39-,40+,42-,43-,44-,45-,46-,49-,50-,83?/m0/s1. The van der Waals surface area contributed by atoms with Crippen molar-refractivity contribution in [1.29, 1.82) is 0 Å². The summed E-state index contributed by atoms with van der Waals surface area (Å²) in [5.74, 6) is -9.32. The summed E-state index contributed by atoms with van der Waals surface area (Å²) in [4.78, 5) is 154. The van der Waals surface area contributed by atoms with Gasteiger partial charge >= 0.3 is 0 Å². The number of hydrogen-bond acceptors (Lipinski definition) is 13. The van der Waals surface area contributed by atoms with Crippen LogP contribution in [0.1, 0.15) is 120 Å². The Kier molecular flexibility index (Phi) is 27.7. The molecule has 468 valence electrons. The van der Waals surface area contributed by atoms with Crippen LogP contribution in [-0.2, 0) is 69.9 Å². The lowest BCUT2D eigenvalue weighted by molar-refractivity contribution is -0.151. The lowest BCUT2D eigenvalue weighted by Gasteiger charge is -2.38. The van der Waals surface area contributed by atoms with Crippen molar-refractivity contribution in [3.05, 3.63) is 35.9 Å². The minimum absolute atomic E-state index is 0.0232. The number of aliphatic hydroxyl groups excluding tert-OH is 1. The maximum Gasteiger partial charge on any atom is 0.248 e. The van der Waals surface area contributed by atoms with E-state index in [0.29, 0.717) is 37.9 Å². The molecule has 2 aliphatic rings. The Morgan fingerprint density at radius 1 is 0.675 bits per heavy atom. The molecule has 10 amide bonds. The highest BCUT2D eigenvalue weighted by atomic mass is 32.2.